The lowest BCUT2D eigenvalue weighted by atomic mass is 9.66. The molecular formula is C21H32O4. The minimum atomic E-state index is -0.413. The van der Waals surface area contributed by atoms with Gasteiger partial charge in [0, 0.05) is 18.3 Å². The lowest BCUT2D eigenvalue weighted by Crippen LogP contribution is -2.37. The van der Waals surface area contributed by atoms with Crippen LogP contribution in [0.15, 0.2) is 24.3 Å². The van der Waals surface area contributed by atoms with E-state index in [0.29, 0.717) is 6.42 Å². The van der Waals surface area contributed by atoms with Crippen LogP contribution in [-0.4, -0.2) is 30.1 Å². The standard InChI is InChI=1S/C21H32O4/c1-21(14-7-15-21)19(23)13-11-16-10-12-18(22)17(16)8-5-3-4-6-9-20(24)25-2/h10-13,16-17,19,23H,3-9,14-15H2,1-2H3/b13-11+/t16-,17-,19-/m1/s1. The minimum absolute atomic E-state index is 0.0123. The first-order chi connectivity index (χ1) is 12.0. The Hall–Kier alpha value is -1.42. The van der Waals surface area contributed by atoms with Crippen LogP contribution in [0, 0.1) is 17.3 Å². The average Bonchev–Trinajstić information content (AvgIpc) is 2.93. The molecule has 1 N–H and O–H groups in total. The Bertz CT molecular complexity index is 516. The van der Waals surface area contributed by atoms with Crippen LogP contribution < -0.4 is 0 Å². The first-order valence-corrected chi connectivity index (χ1v) is 9.61. The molecule has 0 aromatic heterocycles. The number of allylic oxidation sites excluding steroid dienone is 3. The molecule has 0 unspecified atom stereocenters. The molecule has 140 valence electrons. The highest BCUT2D eigenvalue weighted by Crippen LogP contribution is 2.44. The number of carbonyl (C=O) groups excluding carboxylic acids is 2. The highest BCUT2D eigenvalue weighted by atomic mass is 16.5. The SMILES string of the molecule is COC(=O)CCCCCC[C@H]1C(=O)C=C[C@@H]1/C=C/[C@@H](O)C1(C)CCC1. The van der Waals surface area contributed by atoms with E-state index in [0.717, 1.165) is 44.9 Å². The zero-order chi connectivity index (χ0) is 18.3. The number of aliphatic hydroxyl groups excluding tert-OH is 1. The molecule has 0 spiro atoms. The van der Waals surface area contributed by atoms with E-state index in [9.17, 15) is 14.7 Å². The van der Waals surface area contributed by atoms with Gasteiger partial charge in [-0.05, 0) is 37.2 Å². The molecule has 0 amide bonds. The van der Waals surface area contributed by atoms with Gasteiger partial charge in [-0.25, -0.2) is 0 Å². The molecular weight excluding hydrogens is 316 g/mol. The Labute approximate surface area is 151 Å². The van der Waals surface area contributed by atoms with Crippen molar-refractivity contribution >= 4 is 11.8 Å². The molecule has 4 heteroatoms. The minimum Gasteiger partial charge on any atom is -0.469 e. The number of hydrogen-bond donors (Lipinski definition) is 1. The Morgan fingerprint density at radius 3 is 2.72 bits per heavy atom. The predicted octanol–water partition coefficient (Wildman–Crippen LogP) is 3.98. The van der Waals surface area contributed by atoms with Gasteiger partial charge in [-0.15, -0.1) is 0 Å². The summed E-state index contributed by atoms with van der Waals surface area (Å²) in [6.45, 7) is 2.13. The van der Waals surface area contributed by atoms with E-state index < -0.39 is 6.10 Å². The van der Waals surface area contributed by atoms with Crippen molar-refractivity contribution in [3.8, 4) is 0 Å². The van der Waals surface area contributed by atoms with Gasteiger partial charge in [0.1, 0.15) is 0 Å². The molecule has 1 saturated carbocycles. The monoisotopic (exact) mass is 348 g/mol. The van der Waals surface area contributed by atoms with E-state index >= 15 is 0 Å². The number of rotatable bonds is 10. The molecule has 1 fully saturated rings. The first kappa shape index (κ1) is 19.9. The van der Waals surface area contributed by atoms with Gasteiger partial charge < -0.3 is 9.84 Å². The average molecular weight is 348 g/mol. The lowest BCUT2D eigenvalue weighted by molar-refractivity contribution is -0.140. The van der Waals surface area contributed by atoms with Crippen molar-refractivity contribution in [3.63, 3.8) is 0 Å². The summed E-state index contributed by atoms with van der Waals surface area (Å²) in [5, 5.41) is 10.3. The summed E-state index contributed by atoms with van der Waals surface area (Å²) >= 11 is 0. The smallest absolute Gasteiger partial charge is 0.305 e. The fraction of sp³-hybridized carbons (Fsp3) is 0.714. The van der Waals surface area contributed by atoms with Crippen molar-refractivity contribution < 1.29 is 19.4 Å². The Balaban J connectivity index is 1.71. The Morgan fingerprint density at radius 2 is 2.08 bits per heavy atom. The van der Waals surface area contributed by atoms with Gasteiger partial charge in [0.05, 0.1) is 13.2 Å². The van der Waals surface area contributed by atoms with Crippen LogP contribution in [0.25, 0.3) is 0 Å². The Kier molecular flexibility index (Phi) is 7.42. The van der Waals surface area contributed by atoms with E-state index in [2.05, 4.69) is 11.7 Å². The van der Waals surface area contributed by atoms with Crippen molar-refractivity contribution in [2.24, 2.45) is 17.3 Å². The van der Waals surface area contributed by atoms with Gasteiger partial charge in [-0.2, -0.15) is 0 Å². The number of ketones is 1. The molecule has 0 radical (unpaired) electrons. The van der Waals surface area contributed by atoms with Gasteiger partial charge >= 0.3 is 5.97 Å². The number of aliphatic hydroxyl groups is 1. The van der Waals surface area contributed by atoms with E-state index in [-0.39, 0.29) is 29.0 Å². The number of carbonyl (C=O) groups is 2. The predicted molar refractivity (Wildman–Crippen MR) is 97.9 cm³/mol. The molecule has 2 rings (SSSR count). The number of methoxy groups -OCH3 is 1. The molecule has 3 atom stereocenters. The van der Waals surface area contributed by atoms with Crippen molar-refractivity contribution in [1.82, 2.24) is 0 Å². The molecule has 25 heavy (non-hydrogen) atoms. The molecule has 0 aromatic rings. The fourth-order valence-corrected chi connectivity index (χ4v) is 3.77. The summed E-state index contributed by atoms with van der Waals surface area (Å²) in [4.78, 5) is 23.2. The van der Waals surface area contributed by atoms with Gasteiger partial charge in [0.2, 0.25) is 0 Å². The summed E-state index contributed by atoms with van der Waals surface area (Å²) in [6, 6.07) is 0. The highest BCUT2D eigenvalue weighted by Gasteiger charge is 2.37. The summed E-state index contributed by atoms with van der Waals surface area (Å²) in [5.41, 5.74) is 0.0258. The summed E-state index contributed by atoms with van der Waals surface area (Å²) < 4.78 is 4.63. The number of esters is 1. The number of unbranched alkanes of at least 4 members (excludes halogenated alkanes) is 3. The van der Waals surface area contributed by atoms with E-state index in [1.165, 1.54) is 13.5 Å². The topological polar surface area (TPSA) is 63.6 Å². The van der Waals surface area contributed by atoms with Crippen LogP contribution in [0.5, 0.6) is 0 Å². The van der Waals surface area contributed by atoms with Crippen LogP contribution in [0.3, 0.4) is 0 Å². The first-order valence-electron chi connectivity index (χ1n) is 9.61. The molecule has 0 heterocycles. The second-order valence-electron chi connectivity index (χ2n) is 7.81. The maximum Gasteiger partial charge on any atom is 0.305 e. The van der Waals surface area contributed by atoms with E-state index in [4.69, 9.17) is 0 Å². The third kappa shape index (κ3) is 5.53. The van der Waals surface area contributed by atoms with Crippen LogP contribution in [0.1, 0.15) is 64.7 Å². The second kappa shape index (κ2) is 9.33. The summed E-state index contributed by atoms with van der Waals surface area (Å²) in [7, 11) is 1.41. The quantitative estimate of drug-likeness (QED) is 0.368. The van der Waals surface area contributed by atoms with Crippen molar-refractivity contribution in [1.29, 1.82) is 0 Å². The molecule has 2 aliphatic rings. The number of hydrogen-bond acceptors (Lipinski definition) is 4. The van der Waals surface area contributed by atoms with Crippen LogP contribution >= 0.6 is 0 Å². The summed E-state index contributed by atoms with van der Waals surface area (Å²) in [6.07, 6.45) is 15.7. The van der Waals surface area contributed by atoms with E-state index in [1.54, 1.807) is 6.08 Å². The maximum absolute atomic E-state index is 12.1. The fourth-order valence-electron chi connectivity index (χ4n) is 3.77. The van der Waals surface area contributed by atoms with Crippen molar-refractivity contribution in [2.45, 2.75) is 70.8 Å². The molecule has 2 aliphatic carbocycles. The maximum atomic E-state index is 12.1. The molecule has 0 aromatic carbocycles. The number of ether oxygens (including phenoxy) is 1. The lowest BCUT2D eigenvalue weighted by Gasteiger charge is -2.41. The molecule has 4 nitrogen and oxygen atoms in total. The normalized spacial score (nSPS) is 26.0. The van der Waals surface area contributed by atoms with Crippen LogP contribution in [0.4, 0.5) is 0 Å². The molecule has 0 bridgehead atoms. The van der Waals surface area contributed by atoms with Gasteiger partial charge in [-0.3, -0.25) is 9.59 Å². The zero-order valence-corrected chi connectivity index (χ0v) is 15.6. The largest absolute Gasteiger partial charge is 0.469 e. The second-order valence-corrected chi connectivity index (χ2v) is 7.81. The van der Waals surface area contributed by atoms with Crippen molar-refractivity contribution in [2.75, 3.05) is 7.11 Å². The van der Waals surface area contributed by atoms with Gasteiger partial charge in [-0.1, -0.05) is 50.8 Å². The van der Waals surface area contributed by atoms with Gasteiger partial charge in [0.25, 0.3) is 0 Å². The molecule has 0 saturated heterocycles. The molecule has 0 aliphatic heterocycles. The zero-order valence-electron chi connectivity index (χ0n) is 15.6. The van der Waals surface area contributed by atoms with Crippen molar-refractivity contribution in [3.05, 3.63) is 24.3 Å². The third-order valence-electron chi connectivity index (χ3n) is 5.91. The van der Waals surface area contributed by atoms with Crippen LogP contribution in [-0.2, 0) is 14.3 Å². The summed E-state index contributed by atoms with van der Waals surface area (Å²) in [5.74, 6) is 0.173. The van der Waals surface area contributed by atoms with E-state index in [1.807, 2.05) is 18.2 Å². The van der Waals surface area contributed by atoms with Crippen LogP contribution in [0.2, 0.25) is 0 Å². The highest BCUT2D eigenvalue weighted by molar-refractivity contribution is 5.94. The Morgan fingerprint density at radius 1 is 1.36 bits per heavy atom. The third-order valence-corrected chi connectivity index (χ3v) is 5.91. The van der Waals surface area contributed by atoms with Gasteiger partial charge in [0.15, 0.2) is 5.78 Å².